The SMILES string of the molecule is O=C(Cn1nc(C(F)F)c2c1C(F)(F)[C@@H]1C[C@H]21)N[C@@H](Cc1cc(F)cc(F)c1)c1nc2nc(-c3ccccc3F)ccc2c(=O)n1-c1ccc(Cl)c2c(NS(=O)(=O)C3CC3)nn(CC(F)F)c12. The first-order valence-corrected chi connectivity index (χ1v) is 22.4. The van der Waals surface area contributed by atoms with Crippen LogP contribution in [0.15, 0.2) is 71.5 Å². The molecule has 10 rings (SSSR count). The van der Waals surface area contributed by atoms with Gasteiger partial charge in [0.25, 0.3) is 24.3 Å². The van der Waals surface area contributed by atoms with Gasteiger partial charge in [0.05, 0.1) is 44.0 Å². The molecule has 2 N–H and O–H groups in total. The third-order valence-electron chi connectivity index (χ3n) is 12.0. The number of hydrogen-bond acceptors (Lipinski definition) is 8. The molecule has 67 heavy (non-hydrogen) atoms. The van der Waals surface area contributed by atoms with Gasteiger partial charge in [-0.3, -0.25) is 28.2 Å². The van der Waals surface area contributed by atoms with E-state index in [1.807, 2.05) is 0 Å². The number of carbonyl (C=O) groups is 1. The van der Waals surface area contributed by atoms with Crippen LogP contribution in [0.1, 0.15) is 66.0 Å². The number of benzene rings is 3. The molecule has 3 aliphatic rings. The summed E-state index contributed by atoms with van der Waals surface area (Å²) in [6, 6.07) is 10.9. The van der Waals surface area contributed by atoms with Crippen molar-refractivity contribution in [1.82, 2.24) is 39.4 Å². The molecule has 3 aliphatic carbocycles. The maximum absolute atomic E-state index is 15.6. The van der Waals surface area contributed by atoms with Gasteiger partial charge in [-0.1, -0.05) is 23.7 Å². The maximum Gasteiger partial charge on any atom is 0.293 e. The zero-order valence-corrected chi connectivity index (χ0v) is 35.6. The van der Waals surface area contributed by atoms with Crippen LogP contribution in [0.4, 0.5) is 45.3 Å². The Labute approximate surface area is 376 Å². The van der Waals surface area contributed by atoms with E-state index in [1.165, 1.54) is 42.5 Å². The summed E-state index contributed by atoms with van der Waals surface area (Å²) in [4.78, 5) is 38.4. The lowest BCUT2D eigenvalue weighted by Crippen LogP contribution is -2.38. The van der Waals surface area contributed by atoms with E-state index in [0.717, 1.165) is 22.8 Å². The van der Waals surface area contributed by atoms with Crippen LogP contribution in [0.25, 0.3) is 38.9 Å². The van der Waals surface area contributed by atoms with Crippen LogP contribution in [0.3, 0.4) is 0 Å². The average molecular weight is 976 g/mol. The Balaban J connectivity index is 1.20. The molecule has 3 atom stereocenters. The molecule has 7 aromatic rings. The monoisotopic (exact) mass is 975 g/mol. The van der Waals surface area contributed by atoms with Crippen molar-refractivity contribution in [2.75, 3.05) is 4.72 Å². The number of fused-ring (bicyclic) bond motifs is 5. The number of rotatable bonds is 14. The minimum Gasteiger partial charge on any atom is -0.344 e. The number of nitrogens with one attached hydrogen (secondary N) is 2. The molecular weight excluding hydrogens is 945 g/mol. The van der Waals surface area contributed by atoms with E-state index in [0.29, 0.717) is 28.3 Å². The van der Waals surface area contributed by atoms with Gasteiger partial charge >= 0.3 is 0 Å². The van der Waals surface area contributed by atoms with Gasteiger partial charge in [-0.25, -0.2) is 49.1 Å². The summed E-state index contributed by atoms with van der Waals surface area (Å²) in [5.74, 6) is -10.9. The third-order valence-corrected chi connectivity index (χ3v) is 14.1. The first-order chi connectivity index (χ1) is 31.8. The molecule has 2 fully saturated rings. The molecule has 3 aromatic carbocycles. The Morgan fingerprint density at radius 3 is 2.34 bits per heavy atom. The number of pyridine rings is 1. The van der Waals surface area contributed by atoms with Crippen molar-refractivity contribution in [2.45, 2.75) is 74.8 Å². The summed E-state index contributed by atoms with van der Waals surface area (Å²) >= 11 is 6.64. The summed E-state index contributed by atoms with van der Waals surface area (Å²) in [6.07, 6.45) is -6.51. The maximum atomic E-state index is 15.6. The number of alkyl halides is 6. The van der Waals surface area contributed by atoms with Gasteiger partial charge in [0.15, 0.2) is 11.5 Å². The zero-order valence-electron chi connectivity index (χ0n) is 34.0. The summed E-state index contributed by atoms with van der Waals surface area (Å²) in [5, 5.41) is 8.80. The van der Waals surface area contributed by atoms with Crippen LogP contribution in [0.5, 0.6) is 0 Å². The van der Waals surface area contributed by atoms with Gasteiger partial charge in [0.2, 0.25) is 15.9 Å². The molecule has 0 unspecified atom stereocenters. The predicted octanol–water partition coefficient (Wildman–Crippen LogP) is 8.48. The molecular formula is C43H31ClF9N9O4S. The molecule has 0 radical (unpaired) electrons. The zero-order chi connectivity index (χ0) is 47.4. The van der Waals surface area contributed by atoms with Gasteiger partial charge in [-0.2, -0.15) is 19.0 Å². The normalized spacial score (nSPS) is 17.9. The van der Waals surface area contributed by atoms with Crippen LogP contribution in [0, 0.1) is 23.4 Å². The number of anilines is 1. The predicted molar refractivity (Wildman–Crippen MR) is 223 cm³/mol. The van der Waals surface area contributed by atoms with Crippen molar-refractivity contribution < 1.29 is 52.7 Å². The van der Waals surface area contributed by atoms with Crippen molar-refractivity contribution in [3.05, 3.63) is 128 Å². The van der Waals surface area contributed by atoms with Crippen molar-refractivity contribution in [3.8, 4) is 16.9 Å². The lowest BCUT2D eigenvalue weighted by molar-refractivity contribution is -0.123. The molecule has 4 heterocycles. The molecule has 4 aromatic heterocycles. The quantitative estimate of drug-likeness (QED) is 0.103. The van der Waals surface area contributed by atoms with Gasteiger partial charge in [-0.15, -0.1) is 0 Å². The number of carbonyl (C=O) groups excluding carboxylic acids is 1. The van der Waals surface area contributed by atoms with E-state index < -0.39 is 129 Å². The van der Waals surface area contributed by atoms with Crippen LogP contribution < -0.4 is 15.6 Å². The molecule has 24 heteroatoms. The van der Waals surface area contributed by atoms with E-state index in [9.17, 15) is 39.6 Å². The van der Waals surface area contributed by atoms with Crippen molar-refractivity contribution in [3.63, 3.8) is 0 Å². The topological polar surface area (TPSA) is 159 Å². The lowest BCUT2D eigenvalue weighted by atomic mass is 10.0. The molecule has 13 nitrogen and oxygen atoms in total. The number of sulfonamides is 1. The Bertz CT molecular complexity index is 3360. The summed E-state index contributed by atoms with van der Waals surface area (Å²) in [7, 11) is -4.12. The highest BCUT2D eigenvalue weighted by Crippen LogP contribution is 2.68. The Morgan fingerprint density at radius 1 is 0.925 bits per heavy atom. The number of amides is 1. The van der Waals surface area contributed by atoms with E-state index in [4.69, 9.17) is 11.6 Å². The lowest BCUT2D eigenvalue weighted by Gasteiger charge is -2.24. The third kappa shape index (κ3) is 7.83. The van der Waals surface area contributed by atoms with Gasteiger partial charge < -0.3 is 5.32 Å². The fourth-order valence-electron chi connectivity index (χ4n) is 8.87. The van der Waals surface area contributed by atoms with E-state index in [2.05, 4.69) is 30.2 Å². The Hall–Kier alpha value is -6.49. The number of hydrogen-bond donors (Lipinski definition) is 2. The van der Waals surface area contributed by atoms with Crippen molar-refractivity contribution in [2.24, 2.45) is 5.92 Å². The van der Waals surface area contributed by atoms with E-state index in [1.54, 1.807) is 0 Å². The average Bonchev–Trinajstić information content (AvgIpc) is 4.18. The Kier molecular flexibility index (Phi) is 10.7. The minimum absolute atomic E-state index is 0.0298. The van der Waals surface area contributed by atoms with Crippen molar-refractivity contribution >= 4 is 55.3 Å². The highest BCUT2D eigenvalue weighted by atomic mass is 35.5. The van der Waals surface area contributed by atoms with E-state index in [-0.39, 0.29) is 55.8 Å². The minimum atomic E-state index is -4.12. The summed E-state index contributed by atoms with van der Waals surface area (Å²) in [6.45, 7) is -2.29. The van der Waals surface area contributed by atoms with Crippen LogP contribution >= 0.6 is 11.6 Å². The second-order valence-electron chi connectivity index (χ2n) is 16.5. The standard InChI is InChI=1S/C43H31ClF9N9O4S/c44-26-8-10-30(36-34(26)40(58-60(36)16-31(48)49)59-67(65,66)21-5-6-21)62-41(56-39-23(42(62)64)7-9-28(55-39)22-3-1-2-4-27(22)47)29(13-18-11-19(45)14-20(46)12-18)54-32(63)17-61-37-33(35(57-61)38(50)51)24-15-25(24)43(37,52)53/h1-4,7-12,14,21,24-25,29,31,38H,5-6,13,15-17H2,(H,54,63)(H,58,59)/t24-,25+,29-/m0/s1. The molecule has 2 saturated carbocycles. The second kappa shape index (κ2) is 16.1. The van der Waals surface area contributed by atoms with Gasteiger partial charge in [-0.05, 0) is 79.3 Å². The van der Waals surface area contributed by atoms with Crippen LogP contribution in [-0.2, 0) is 40.3 Å². The largest absolute Gasteiger partial charge is 0.344 e. The molecule has 0 bridgehead atoms. The molecule has 1 amide bonds. The molecule has 0 saturated heterocycles. The highest BCUT2D eigenvalue weighted by Gasteiger charge is 2.67. The fourth-order valence-corrected chi connectivity index (χ4v) is 10.4. The van der Waals surface area contributed by atoms with Crippen LogP contribution in [-0.4, -0.2) is 60.1 Å². The fraction of sp³-hybridized carbons (Fsp3) is 0.302. The van der Waals surface area contributed by atoms with Crippen molar-refractivity contribution in [1.29, 1.82) is 0 Å². The molecule has 348 valence electrons. The smallest absolute Gasteiger partial charge is 0.293 e. The number of aromatic nitrogens is 7. The molecule has 0 aliphatic heterocycles. The summed E-state index contributed by atoms with van der Waals surface area (Å²) < 4.78 is 164. The highest BCUT2D eigenvalue weighted by molar-refractivity contribution is 7.93. The molecule has 0 spiro atoms. The first-order valence-electron chi connectivity index (χ1n) is 20.5. The number of nitrogens with zero attached hydrogens (tertiary/aromatic N) is 7. The van der Waals surface area contributed by atoms with Crippen LogP contribution in [0.2, 0.25) is 5.02 Å². The van der Waals surface area contributed by atoms with Gasteiger partial charge in [0.1, 0.15) is 47.8 Å². The summed E-state index contributed by atoms with van der Waals surface area (Å²) in [5.41, 5.74) is -4.52. The first kappa shape index (κ1) is 44.4. The van der Waals surface area contributed by atoms with Gasteiger partial charge in [0, 0.05) is 29.5 Å². The van der Waals surface area contributed by atoms with E-state index >= 15 is 18.0 Å². The number of halogens is 10. The second-order valence-corrected chi connectivity index (χ2v) is 18.9. The Morgan fingerprint density at radius 2 is 1.66 bits per heavy atom.